The second kappa shape index (κ2) is 6.85. The fourth-order valence-corrected chi connectivity index (χ4v) is 3.31. The van der Waals surface area contributed by atoms with Gasteiger partial charge in [-0.1, -0.05) is 0 Å². The van der Waals surface area contributed by atoms with E-state index in [9.17, 15) is 9.59 Å². The third-order valence-electron chi connectivity index (χ3n) is 3.70. The van der Waals surface area contributed by atoms with Crippen LogP contribution in [0.2, 0.25) is 0 Å². The van der Waals surface area contributed by atoms with Crippen molar-refractivity contribution in [3.05, 3.63) is 51.1 Å². The molecule has 22 heavy (non-hydrogen) atoms. The first-order valence-corrected chi connectivity index (χ1v) is 8.20. The Bertz CT molecular complexity index is 683. The van der Waals surface area contributed by atoms with Gasteiger partial charge in [0.15, 0.2) is 0 Å². The van der Waals surface area contributed by atoms with Crippen LogP contribution in [-0.4, -0.2) is 39.7 Å². The smallest absolute Gasteiger partial charge is 0.267 e. The van der Waals surface area contributed by atoms with Crippen LogP contribution < -0.4 is 10.9 Å². The first kappa shape index (κ1) is 14.9. The number of carbonyl (C=O) groups excluding carboxylic acids is 1. The van der Waals surface area contributed by atoms with E-state index in [4.69, 9.17) is 0 Å². The van der Waals surface area contributed by atoms with E-state index in [1.54, 1.807) is 17.4 Å². The van der Waals surface area contributed by atoms with Crippen LogP contribution in [0.25, 0.3) is 0 Å². The molecule has 0 radical (unpaired) electrons. The molecule has 1 unspecified atom stereocenters. The Morgan fingerprint density at radius 3 is 3.14 bits per heavy atom. The summed E-state index contributed by atoms with van der Waals surface area (Å²) in [5.41, 5.74) is 1.06. The van der Waals surface area contributed by atoms with E-state index >= 15 is 0 Å². The quantitative estimate of drug-likeness (QED) is 0.881. The number of hydrogen-bond acceptors (Lipinski definition) is 5. The highest BCUT2D eigenvalue weighted by Crippen LogP contribution is 2.15. The lowest BCUT2D eigenvalue weighted by Gasteiger charge is -2.16. The molecule has 2 aromatic heterocycles. The number of likely N-dealkylation sites (tertiary alicyclic amines) is 1. The predicted molar refractivity (Wildman–Crippen MR) is 84.6 cm³/mol. The molecule has 3 rings (SSSR count). The van der Waals surface area contributed by atoms with Crippen LogP contribution in [0.15, 0.2) is 40.0 Å². The summed E-state index contributed by atoms with van der Waals surface area (Å²) >= 11 is 1.70. The van der Waals surface area contributed by atoms with Crippen LogP contribution in [-0.2, 0) is 17.9 Å². The molecule has 1 N–H and O–H groups in total. The lowest BCUT2D eigenvalue weighted by molar-refractivity contribution is -0.122. The Balaban J connectivity index is 1.48. The van der Waals surface area contributed by atoms with Gasteiger partial charge in [-0.2, -0.15) is 16.4 Å². The van der Waals surface area contributed by atoms with Gasteiger partial charge in [-0.05, 0) is 34.9 Å². The summed E-state index contributed by atoms with van der Waals surface area (Å²) in [6, 6.07) is 5.24. The van der Waals surface area contributed by atoms with Crippen molar-refractivity contribution in [1.82, 2.24) is 20.0 Å². The Morgan fingerprint density at radius 2 is 2.36 bits per heavy atom. The molecule has 116 valence electrons. The zero-order valence-corrected chi connectivity index (χ0v) is 13.0. The fourth-order valence-electron chi connectivity index (χ4n) is 2.65. The van der Waals surface area contributed by atoms with Crippen LogP contribution in [0.3, 0.4) is 0 Å². The first-order chi connectivity index (χ1) is 10.7. The van der Waals surface area contributed by atoms with E-state index in [0.29, 0.717) is 0 Å². The van der Waals surface area contributed by atoms with Gasteiger partial charge in [0.1, 0.15) is 6.54 Å². The van der Waals surface area contributed by atoms with Crippen LogP contribution in [0.5, 0.6) is 0 Å². The van der Waals surface area contributed by atoms with Crippen LogP contribution in [0, 0.1) is 0 Å². The number of amides is 1. The van der Waals surface area contributed by atoms with Crippen LogP contribution in [0.1, 0.15) is 12.0 Å². The van der Waals surface area contributed by atoms with Crippen molar-refractivity contribution in [1.29, 1.82) is 0 Å². The summed E-state index contributed by atoms with van der Waals surface area (Å²) in [5.74, 6) is -0.164. The summed E-state index contributed by atoms with van der Waals surface area (Å²) in [7, 11) is 0. The monoisotopic (exact) mass is 318 g/mol. The molecular formula is C15H18N4O2S. The number of nitrogens with zero attached hydrogens (tertiary/aromatic N) is 3. The van der Waals surface area contributed by atoms with Crippen LogP contribution in [0.4, 0.5) is 0 Å². The Hall–Kier alpha value is -1.99. The molecular weight excluding hydrogens is 300 g/mol. The van der Waals surface area contributed by atoms with Gasteiger partial charge in [0.2, 0.25) is 5.91 Å². The van der Waals surface area contributed by atoms with E-state index in [1.165, 1.54) is 22.5 Å². The highest BCUT2D eigenvalue weighted by Gasteiger charge is 2.24. The second-order valence-electron chi connectivity index (χ2n) is 5.44. The second-order valence-corrected chi connectivity index (χ2v) is 6.22. The number of thiophene rings is 1. The van der Waals surface area contributed by atoms with Crippen molar-refractivity contribution >= 4 is 17.2 Å². The lowest BCUT2D eigenvalue weighted by atomic mass is 10.2. The minimum atomic E-state index is -0.261. The average molecular weight is 318 g/mol. The molecule has 0 saturated carbocycles. The topological polar surface area (TPSA) is 67.2 Å². The van der Waals surface area contributed by atoms with Gasteiger partial charge in [-0.25, -0.2) is 4.68 Å². The maximum atomic E-state index is 12.0. The van der Waals surface area contributed by atoms with Gasteiger partial charge in [0, 0.05) is 37.9 Å². The van der Waals surface area contributed by atoms with Gasteiger partial charge in [-0.3, -0.25) is 14.5 Å². The van der Waals surface area contributed by atoms with Crippen LogP contribution >= 0.6 is 11.3 Å². The zero-order chi connectivity index (χ0) is 15.4. The number of rotatable bonds is 5. The molecule has 1 fully saturated rings. The molecule has 1 atom stereocenters. The van der Waals surface area contributed by atoms with Crippen molar-refractivity contribution in [2.45, 2.75) is 25.6 Å². The Kier molecular flexibility index (Phi) is 4.65. The number of aromatic nitrogens is 2. The molecule has 1 aliphatic rings. The molecule has 6 nitrogen and oxygen atoms in total. The SMILES string of the molecule is O=C(Cn1ncccc1=O)NC1CCN(Cc2ccsc2)C1. The maximum Gasteiger partial charge on any atom is 0.267 e. The Morgan fingerprint density at radius 1 is 1.45 bits per heavy atom. The minimum Gasteiger partial charge on any atom is -0.350 e. The normalized spacial score (nSPS) is 18.5. The zero-order valence-electron chi connectivity index (χ0n) is 12.1. The number of carbonyl (C=O) groups is 1. The molecule has 1 saturated heterocycles. The third-order valence-corrected chi connectivity index (χ3v) is 4.43. The van der Waals surface area contributed by atoms with Gasteiger partial charge in [0.05, 0.1) is 0 Å². The molecule has 0 spiro atoms. The van der Waals surface area contributed by atoms with E-state index in [1.807, 2.05) is 0 Å². The minimum absolute atomic E-state index is 0.0271. The van der Waals surface area contributed by atoms with Crippen molar-refractivity contribution in [2.24, 2.45) is 0 Å². The van der Waals surface area contributed by atoms with E-state index in [0.717, 1.165) is 26.1 Å². The summed E-state index contributed by atoms with van der Waals surface area (Å²) in [5, 5.41) is 11.1. The average Bonchev–Trinajstić information content (AvgIpc) is 3.14. The molecule has 3 heterocycles. The molecule has 1 amide bonds. The van der Waals surface area contributed by atoms with E-state index in [2.05, 4.69) is 32.1 Å². The van der Waals surface area contributed by atoms with Gasteiger partial charge >= 0.3 is 0 Å². The standard InChI is InChI=1S/C15H18N4O2S/c20-14(10-19-15(21)2-1-5-16-19)17-13-3-6-18(9-13)8-12-4-7-22-11-12/h1-2,4-5,7,11,13H,3,6,8-10H2,(H,17,20). The van der Waals surface area contributed by atoms with Crippen molar-refractivity contribution in [3.63, 3.8) is 0 Å². The molecule has 1 aliphatic heterocycles. The van der Waals surface area contributed by atoms with Gasteiger partial charge in [-0.15, -0.1) is 0 Å². The molecule has 2 aromatic rings. The Labute approximate surface area is 132 Å². The predicted octanol–water partition coefficient (Wildman–Crippen LogP) is 0.696. The highest BCUT2D eigenvalue weighted by molar-refractivity contribution is 7.07. The van der Waals surface area contributed by atoms with Crippen molar-refractivity contribution < 1.29 is 4.79 Å². The summed E-state index contributed by atoms with van der Waals surface area (Å²) < 4.78 is 1.17. The van der Waals surface area contributed by atoms with Crippen molar-refractivity contribution in [3.8, 4) is 0 Å². The molecule has 0 aliphatic carbocycles. The fraction of sp³-hybridized carbons (Fsp3) is 0.400. The number of nitrogens with one attached hydrogen (secondary N) is 1. The maximum absolute atomic E-state index is 12.0. The molecule has 0 aromatic carbocycles. The third kappa shape index (κ3) is 3.80. The summed E-state index contributed by atoms with van der Waals surface area (Å²) in [6.07, 6.45) is 2.44. The first-order valence-electron chi connectivity index (χ1n) is 7.25. The molecule has 0 bridgehead atoms. The lowest BCUT2D eigenvalue weighted by Crippen LogP contribution is -2.40. The molecule has 7 heteroatoms. The largest absolute Gasteiger partial charge is 0.350 e. The number of hydrogen-bond donors (Lipinski definition) is 1. The van der Waals surface area contributed by atoms with E-state index < -0.39 is 0 Å². The van der Waals surface area contributed by atoms with Gasteiger partial charge in [0.25, 0.3) is 5.56 Å². The van der Waals surface area contributed by atoms with Crippen molar-refractivity contribution in [2.75, 3.05) is 13.1 Å². The summed E-state index contributed by atoms with van der Waals surface area (Å²) in [6.45, 7) is 2.72. The summed E-state index contributed by atoms with van der Waals surface area (Å²) in [4.78, 5) is 25.9. The highest BCUT2D eigenvalue weighted by atomic mass is 32.1. The van der Waals surface area contributed by atoms with Gasteiger partial charge < -0.3 is 5.32 Å². The van der Waals surface area contributed by atoms with E-state index in [-0.39, 0.29) is 24.1 Å².